The molecule has 0 saturated heterocycles. The SMILES string of the molecule is CCCCNC(=O)[C@H](C)N(Cc1ccccc1F)C(=O)CN(c1cc(Cl)ccc1Cl)S(=O)(=O)c1ccc(C)cc1. The largest absolute Gasteiger partial charge is 0.354 e. The lowest BCUT2D eigenvalue weighted by atomic mass is 10.1. The molecule has 0 aliphatic rings. The molecule has 3 aromatic carbocycles. The van der Waals surface area contributed by atoms with Gasteiger partial charge in [0.05, 0.1) is 15.6 Å². The number of amides is 2. The number of aryl methyl sites for hydroxylation is 1. The lowest BCUT2D eigenvalue weighted by molar-refractivity contribution is -0.139. The highest BCUT2D eigenvalue weighted by Crippen LogP contribution is 2.33. The first-order valence-corrected chi connectivity index (χ1v) is 15.0. The number of benzene rings is 3. The highest BCUT2D eigenvalue weighted by Gasteiger charge is 2.33. The van der Waals surface area contributed by atoms with Crippen LogP contribution in [0.4, 0.5) is 10.1 Å². The predicted octanol–water partition coefficient (Wildman–Crippen LogP) is 5.97. The maximum absolute atomic E-state index is 14.6. The minimum Gasteiger partial charge on any atom is -0.354 e. The monoisotopic (exact) mass is 607 g/mol. The van der Waals surface area contributed by atoms with Crippen molar-refractivity contribution in [1.82, 2.24) is 10.2 Å². The Morgan fingerprint density at radius 3 is 2.35 bits per heavy atom. The van der Waals surface area contributed by atoms with E-state index in [1.54, 1.807) is 18.2 Å². The number of nitrogens with one attached hydrogen (secondary N) is 1. The number of hydrogen-bond donors (Lipinski definition) is 1. The predicted molar refractivity (Wildman–Crippen MR) is 157 cm³/mol. The van der Waals surface area contributed by atoms with Gasteiger partial charge in [-0.3, -0.25) is 13.9 Å². The van der Waals surface area contributed by atoms with E-state index in [4.69, 9.17) is 23.2 Å². The second-order valence-corrected chi connectivity index (χ2v) is 12.1. The summed E-state index contributed by atoms with van der Waals surface area (Å²) in [7, 11) is -4.32. The van der Waals surface area contributed by atoms with E-state index in [-0.39, 0.29) is 32.7 Å². The smallest absolute Gasteiger partial charge is 0.264 e. The number of nitrogens with zero attached hydrogens (tertiary/aromatic N) is 2. The summed E-state index contributed by atoms with van der Waals surface area (Å²) in [6.07, 6.45) is 1.61. The van der Waals surface area contributed by atoms with Crippen LogP contribution in [0.1, 0.15) is 37.8 Å². The Balaban J connectivity index is 2.05. The number of unbranched alkanes of at least 4 members (excludes halogenated alkanes) is 1. The van der Waals surface area contributed by atoms with E-state index in [2.05, 4.69) is 5.32 Å². The quantitative estimate of drug-likeness (QED) is 0.257. The van der Waals surface area contributed by atoms with Crippen LogP contribution in [0.2, 0.25) is 10.0 Å². The Morgan fingerprint density at radius 1 is 1.02 bits per heavy atom. The van der Waals surface area contributed by atoms with E-state index >= 15 is 0 Å². The van der Waals surface area contributed by atoms with Crippen molar-refractivity contribution in [3.63, 3.8) is 0 Å². The van der Waals surface area contributed by atoms with Crippen molar-refractivity contribution in [3.8, 4) is 0 Å². The van der Waals surface area contributed by atoms with Crippen molar-refractivity contribution < 1.29 is 22.4 Å². The first-order valence-electron chi connectivity index (χ1n) is 12.8. The zero-order chi connectivity index (χ0) is 29.4. The van der Waals surface area contributed by atoms with Crippen molar-refractivity contribution in [2.24, 2.45) is 0 Å². The molecule has 0 heterocycles. The fourth-order valence-corrected chi connectivity index (χ4v) is 5.82. The Kier molecular flexibility index (Phi) is 11.0. The number of carbonyl (C=O) groups excluding carboxylic acids is 2. The van der Waals surface area contributed by atoms with Gasteiger partial charge >= 0.3 is 0 Å². The normalized spacial score (nSPS) is 12.1. The van der Waals surface area contributed by atoms with Gasteiger partial charge in [0.2, 0.25) is 11.8 Å². The summed E-state index contributed by atoms with van der Waals surface area (Å²) < 4.78 is 43.2. The average molecular weight is 609 g/mol. The summed E-state index contributed by atoms with van der Waals surface area (Å²) in [5.41, 5.74) is 1.02. The molecule has 40 heavy (non-hydrogen) atoms. The van der Waals surface area contributed by atoms with Crippen LogP contribution in [-0.4, -0.2) is 44.3 Å². The van der Waals surface area contributed by atoms with E-state index in [0.717, 1.165) is 27.6 Å². The number of halogens is 3. The third-order valence-electron chi connectivity index (χ3n) is 6.36. The molecule has 0 saturated carbocycles. The molecule has 0 spiro atoms. The minimum atomic E-state index is -4.32. The standard InChI is InChI=1S/C29H32Cl2FN3O4S/c1-4-5-16-33-29(37)21(3)34(18-22-8-6-7-9-26(22)32)28(36)19-35(27-17-23(30)12-15-25(27)31)40(38,39)24-13-10-20(2)11-14-24/h6-15,17,21H,4-5,16,18-19H2,1-3H3,(H,33,37)/t21-/m0/s1. The van der Waals surface area contributed by atoms with Gasteiger partial charge < -0.3 is 10.2 Å². The van der Waals surface area contributed by atoms with Gasteiger partial charge in [-0.25, -0.2) is 12.8 Å². The van der Waals surface area contributed by atoms with Gasteiger partial charge in [0.1, 0.15) is 18.4 Å². The number of hydrogen-bond acceptors (Lipinski definition) is 4. The van der Waals surface area contributed by atoms with Gasteiger partial charge in [-0.05, 0) is 56.7 Å². The van der Waals surface area contributed by atoms with Gasteiger partial charge in [-0.1, -0.05) is 72.4 Å². The first-order chi connectivity index (χ1) is 18.9. The molecular formula is C29H32Cl2FN3O4S. The molecule has 1 atom stereocenters. The molecule has 2 amide bonds. The molecular weight excluding hydrogens is 576 g/mol. The fraction of sp³-hybridized carbons (Fsp3) is 0.310. The van der Waals surface area contributed by atoms with Gasteiger partial charge in [0.15, 0.2) is 0 Å². The second kappa shape index (κ2) is 14.0. The molecule has 214 valence electrons. The lowest BCUT2D eigenvalue weighted by Crippen LogP contribution is -2.51. The Labute approximate surface area is 244 Å². The molecule has 0 fully saturated rings. The van der Waals surface area contributed by atoms with Crippen molar-refractivity contribution in [2.45, 2.75) is 51.1 Å². The molecule has 11 heteroatoms. The van der Waals surface area contributed by atoms with Crippen LogP contribution in [0, 0.1) is 12.7 Å². The fourth-order valence-electron chi connectivity index (χ4n) is 3.96. The zero-order valence-electron chi connectivity index (χ0n) is 22.5. The first kappa shape index (κ1) is 31.4. The molecule has 0 aromatic heterocycles. The van der Waals surface area contributed by atoms with Gasteiger partial charge in [0, 0.05) is 23.7 Å². The zero-order valence-corrected chi connectivity index (χ0v) is 24.9. The van der Waals surface area contributed by atoms with Crippen LogP contribution in [0.3, 0.4) is 0 Å². The highest BCUT2D eigenvalue weighted by atomic mass is 35.5. The highest BCUT2D eigenvalue weighted by molar-refractivity contribution is 7.92. The molecule has 0 radical (unpaired) electrons. The van der Waals surface area contributed by atoms with Crippen LogP contribution in [0.15, 0.2) is 71.6 Å². The number of sulfonamides is 1. The molecule has 0 aliphatic carbocycles. The summed E-state index contributed by atoms with van der Waals surface area (Å²) in [4.78, 5) is 28.0. The molecule has 1 N–H and O–H groups in total. The summed E-state index contributed by atoms with van der Waals surface area (Å²) in [6, 6.07) is 15.3. The van der Waals surface area contributed by atoms with Gasteiger partial charge in [-0.15, -0.1) is 0 Å². The van der Waals surface area contributed by atoms with Crippen LogP contribution in [0.5, 0.6) is 0 Å². The van der Waals surface area contributed by atoms with Crippen LogP contribution >= 0.6 is 23.2 Å². The van der Waals surface area contributed by atoms with E-state index in [1.165, 1.54) is 55.5 Å². The summed E-state index contributed by atoms with van der Waals surface area (Å²) in [5.74, 6) is -1.72. The van der Waals surface area contributed by atoms with E-state index in [1.807, 2.05) is 13.8 Å². The Bertz CT molecular complexity index is 1450. The van der Waals surface area contributed by atoms with Crippen LogP contribution in [0.25, 0.3) is 0 Å². The van der Waals surface area contributed by atoms with Gasteiger partial charge in [-0.2, -0.15) is 0 Å². The average Bonchev–Trinajstić information content (AvgIpc) is 2.92. The topological polar surface area (TPSA) is 86.8 Å². The van der Waals surface area contributed by atoms with Crippen molar-refractivity contribution >= 4 is 50.7 Å². The van der Waals surface area contributed by atoms with Crippen molar-refractivity contribution in [3.05, 3.63) is 93.7 Å². The molecule has 7 nitrogen and oxygen atoms in total. The molecule has 3 rings (SSSR count). The summed E-state index contributed by atoms with van der Waals surface area (Å²) >= 11 is 12.6. The minimum absolute atomic E-state index is 0.00557. The van der Waals surface area contributed by atoms with Crippen LogP contribution < -0.4 is 9.62 Å². The van der Waals surface area contributed by atoms with Crippen molar-refractivity contribution in [1.29, 1.82) is 0 Å². The molecule has 3 aromatic rings. The molecule has 0 bridgehead atoms. The third kappa shape index (κ3) is 7.74. The lowest BCUT2D eigenvalue weighted by Gasteiger charge is -2.32. The number of anilines is 1. The van der Waals surface area contributed by atoms with E-state index in [9.17, 15) is 22.4 Å². The summed E-state index contributed by atoms with van der Waals surface area (Å²) in [6.45, 7) is 4.76. The second-order valence-electron chi connectivity index (χ2n) is 9.35. The molecule has 0 unspecified atom stereocenters. The van der Waals surface area contributed by atoms with Crippen LogP contribution in [-0.2, 0) is 26.2 Å². The van der Waals surface area contributed by atoms with E-state index < -0.39 is 40.2 Å². The van der Waals surface area contributed by atoms with Crippen molar-refractivity contribution in [2.75, 3.05) is 17.4 Å². The maximum atomic E-state index is 14.6. The third-order valence-corrected chi connectivity index (χ3v) is 8.69. The molecule has 0 aliphatic heterocycles. The van der Waals surface area contributed by atoms with Gasteiger partial charge in [0.25, 0.3) is 10.0 Å². The Morgan fingerprint density at radius 2 is 1.70 bits per heavy atom. The Hall–Kier alpha value is -3.14. The maximum Gasteiger partial charge on any atom is 0.264 e. The number of rotatable bonds is 12. The van der Waals surface area contributed by atoms with E-state index in [0.29, 0.717) is 6.54 Å². The number of carbonyl (C=O) groups is 2. The summed E-state index contributed by atoms with van der Waals surface area (Å²) in [5, 5.41) is 3.05.